The number of hydrogen-bond acceptors (Lipinski definition) is 5. The molecule has 0 aliphatic rings. The molecule has 9 heteroatoms. The molecule has 0 spiro atoms. The smallest absolute Gasteiger partial charge is 0.307 e. The highest BCUT2D eigenvalue weighted by Crippen LogP contribution is 2.15. The normalized spacial score (nSPS) is 13.6. The zero-order valence-electron chi connectivity index (χ0n) is 12.6. The lowest BCUT2D eigenvalue weighted by molar-refractivity contribution is -0.385. The van der Waals surface area contributed by atoms with Crippen LogP contribution in [0.5, 0.6) is 0 Å². The number of nitro groups is 1. The Kier molecular flexibility index (Phi) is 4.54. The Labute approximate surface area is 127 Å². The largest absolute Gasteiger partial charge is 0.346 e. The maximum absolute atomic E-state index is 12.2. The first-order chi connectivity index (χ1) is 10.4. The van der Waals surface area contributed by atoms with Crippen molar-refractivity contribution in [2.75, 3.05) is 0 Å². The van der Waals surface area contributed by atoms with Crippen LogP contribution < -0.4 is 5.32 Å². The average Bonchev–Trinajstić information content (AvgIpc) is 3.15. The van der Waals surface area contributed by atoms with Gasteiger partial charge in [0.05, 0.1) is 16.7 Å². The summed E-state index contributed by atoms with van der Waals surface area (Å²) in [5.74, 6) is -0.281. The number of carbonyl (C=O) groups is 1. The van der Waals surface area contributed by atoms with Crippen LogP contribution in [0.4, 0.5) is 5.69 Å². The predicted octanol–water partition coefficient (Wildman–Crippen LogP) is 1.45. The molecule has 0 aliphatic heterocycles. The Bertz CT molecular complexity index is 677. The van der Waals surface area contributed by atoms with Crippen LogP contribution in [0.1, 0.15) is 38.5 Å². The molecule has 0 bridgehead atoms. The number of aryl methyl sites for hydroxylation is 1. The van der Waals surface area contributed by atoms with E-state index in [0.717, 1.165) is 18.4 Å². The SMILES string of the molecule is CCn1ccc(C(C)NC(=O)C(C)n2cc([N+](=O)[O-])cn2)n1. The number of amides is 1. The fourth-order valence-corrected chi connectivity index (χ4v) is 1.95. The molecule has 0 aromatic carbocycles. The molecule has 2 rings (SSSR count). The molecule has 22 heavy (non-hydrogen) atoms. The van der Waals surface area contributed by atoms with Crippen molar-refractivity contribution in [2.24, 2.45) is 0 Å². The monoisotopic (exact) mass is 306 g/mol. The second-order valence-electron chi connectivity index (χ2n) is 4.94. The van der Waals surface area contributed by atoms with Crippen LogP contribution in [-0.2, 0) is 11.3 Å². The van der Waals surface area contributed by atoms with Gasteiger partial charge in [-0.25, -0.2) is 0 Å². The second kappa shape index (κ2) is 6.37. The van der Waals surface area contributed by atoms with Gasteiger partial charge in [-0.2, -0.15) is 10.2 Å². The summed E-state index contributed by atoms with van der Waals surface area (Å²) in [5.41, 5.74) is 0.614. The van der Waals surface area contributed by atoms with Gasteiger partial charge in [0.1, 0.15) is 18.4 Å². The van der Waals surface area contributed by atoms with Crippen LogP contribution in [0, 0.1) is 10.1 Å². The summed E-state index contributed by atoms with van der Waals surface area (Å²) in [5, 5.41) is 21.6. The molecular formula is C13H18N6O3. The van der Waals surface area contributed by atoms with Crippen molar-refractivity contribution in [1.29, 1.82) is 0 Å². The van der Waals surface area contributed by atoms with Gasteiger partial charge in [-0.15, -0.1) is 0 Å². The van der Waals surface area contributed by atoms with E-state index in [0.29, 0.717) is 0 Å². The van der Waals surface area contributed by atoms with Gasteiger partial charge in [-0.05, 0) is 26.8 Å². The zero-order valence-corrected chi connectivity index (χ0v) is 12.6. The van der Waals surface area contributed by atoms with E-state index < -0.39 is 11.0 Å². The van der Waals surface area contributed by atoms with Gasteiger partial charge in [-0.3, -0.25) is 24.3 Å². The quantitative estimate of drug-likeness (QED) is 0.642. The predicted molar refractivity (Wildman–Crippen MR) is 78.1 cm³/mol. The van der Waals surface area contributed by atoms with E-state index >= 15 is 0 Å². The summed E-state index contributed by atoms with van der Waals surface area (Å²) in [6.45, 7) is 6.20. The van der Waals surface area contributed by atoms with Gasteiger partial charge in [0.25, 0.3) is 0 Å². The van der Waals surface area contributed by atoms with Crippen molar-refractivity contribution in [3.63, 3.8) is 0 Å². The highest BCUT2D eigenvalue weighted by atomic mass is 16.6. The van der Waals surface area contributed by atoms with Crippen molar-refractivity contribution in [3.05, 3.63) is 40.5 Å². The van der Waals surface area contributed by atoms with E-state index in [-0.39, 0.29) is 17.6 Å². The van der Waals surface area contributed by atoms with Crippen LogP contribution in [0.25, 0.3) is 0 Å². The van der Waals surface area contributed by atoms with Crippen LogP contribution in [0.3, 0.4) is 0 Å². The molecule has 0 fully saturated rings. The average molecular weight is 306 g/mol. The van der Waals surface area contributed by atoms with Crippen LogP contribution in [-0.4, -0.2) is 30.4 Å². The number of nitrogens with zero attached hydrogens (tertiary/aromatic N) is 5. The van der Waals surface area contributed by atoms with E-state index in [1.165, 1.54) is 10.9 Å². The van der Waals surface area contributed by atoms with Gasteiger partial charge in [0, 0.05) is 12.7 Å². The first-order valence-corrected chi connectivity index (χ1v) is 6.94. The molecule has 0 saturated heterocycles. The number of hydrogen-bond donors (Lipinski definition) is 1. The van der Waals surface area contributed by atoms with Crippen LogP contribution in [0.2, 0.25) is 0 Å². The Hall–Kier alpha value is -2.71. The fourth-order valence-electron chi connectivity index (χ4n) is 1.95. The van der Waals surface area contributed by atoms with Crippen molar-refractivity contribution in [1.82, 2.24) is 24.9 Å². The Balaban J connectivity index is 2.02. The van der Waals surface area contributed by atoms with Gasteiger partial charge in [0.15, 0.2) is 0 Å². The van der Waals surface area contributed by atoms with Gasteiger partial charge in [0.2, 0.25) is 5.91 Å². The number of rotatable bonds is 6. The molecule has 2 aromatic rings. The van der Waals surface area contributed by atoms with Gasteiger partial charge >= 0.3 is 5.69 Å². The minimum Gasteiger partial charge on any atom is -0.346 e. The summed E-state index contributed by atoms with van der Waals surface area (Å²) in [7, 11) is 0. The molecule has 0 saturated carbocycles. The molecule has 2 heterocycles. The van der Waals surface area contributed by atoms with Crippen molar-refractivity contribution in [2.45, 2.75) is 39.4 Å². The van der Waals surface area contributed by atoms with Crippen molar-refractivity contribution < 1.29 is 9.72 Å². The molecule has 0 aliphatic carbocycles. The lowest BCUT2D eigenvalue weighted by atomic mass is 10.2. The molecule has 2 aromatic heterocycles. The molecule has 9 nitrogen and oxygen atoms in total. The first kappa shape index (κ1) is 15.7. The summed E-state index contributed by atoms with van der Waals surface area (Å²) >= 11 is 0. The topological polar surface area (TPSA) is 108 Å². The Morgan fingerprint density at radius 2 is 2.23 bits per heavy atom. The summed E-state index contributed by atoms with van der Waals surface area (Å²) in [6, 6.07) is 0.940. The molecule has 118 valence electrons. The standard InChI is InChI=1S/C13H18N6O3/c1-4-17-6-5-12(16-17)9(2)15-13(20)10(3)18-8-11(7-14-18)19(21)22/h5-10H,4H2,1-3H3,(H,15,20). The van der Waals surface area contributed by atoms with Gasteiger partial charge in [-0.1, -0.05) is 0 Å². The minimum absolute atomic E-state index is 0.144. The summed E-state index contributed by atoms with van der Waals surface area (Å²) < 4.78 is 3.04. The Morgan fingerprint density at radius 3 is 2.77 bits per heavy atom. The van der Waals surface area contributed by atoms with E-state index in [1.807, 2.05) is 26.1 Å². The maximum Gasteiger partial charge on any atom is 0.307 e. The van der Waals surface area contributed by atoms with Crippen LogP contribution >= 0.6 is 0 Å². The molecule has 1 amide bonds. The second-order valence-corrected chi connectivity index (χ2v) is 4.94. The van der Waals surface area contributed by atoms with Crippen molar-refractivity contribution in [3.8, 4) is 0 Å². The fraction of sp³-hybridized carbons (Fsp3) is 0.462. The molecule has 1 N–H and O–H groups in total. The van der Waals surface area contributed by atoms with Gasteiger partial charge < -0.3 is 5.32 Å². The number of nitrogens with one attached hydrogen (secondary N) is 1. The lowest BCUT2D eigenvalue weighted by Gasteiger charge is -2.16. The molecule has 2 atom stereocenters. The molecule has 0 radical (unpaired) electrons. The maximum atomic E-state index is 12.2. The highest BCUT2D eigenvalue weighted by Gasteiger charge is 2.21. The van der Waals surface area contributed by atoms with Crippen molar-refractivity contribution >= 4 is 11.6 Å². The summed E-state index contributed by atoms with van der Waals surface area (Å²) in [6.07, 6.45) is 4.20. The van der Waals surface area contributed by atoms with E-state index in [1.54, 1.807) is 11.6 Å². The zero-order chi connectivity index (χ0) is 16.3. The highest BCUT2D eigenvalue weighted by molar-refractivity contribution is 5.80. The third-order valence-electron chi connectivity index (χ3n) is 3.36. The summed E-state index contributed by atoms with van der Waals surface area (Å²) in [4.78, 5) is 22.3. The van der Waals surface area contributed by atoms with Crippen LogP contribution in [0.15, 0.2) is 24.7 Å². The lowest BCUT2D eigenvalue weighted by Crippen LogP contribution is -2.33. The first-order valence-electron chi connectivity index (χ1n) is 6.94. The number of carbonyl (C=O) groups excluding carboxylic acids is 1. The molecule has 2 unspecified atom stereocenters. The number of aromatic nitrogens is 4. The third kappa shape index (κ3) is 3.30. The molecular weight excluding hydrogens is 288 g/mol. The van der Waals surface area contributed by atoms with E-state index in [9.17, 15) is 14.9 Å². The third-order valence-corrected chi connectivity index (χ3v) is 3.36. The van der Waals surface area contributed by atoms with E-state index in [4.69, 9.17) is 0 Å². The minimum atomic E-state index is -0.649. The van der Waals surface area contributed by atoms with E-state index in [2.05, 4.69) is 15.5 Å². The Morgan fingerprint density at radius 1 is 1.50 bits per heavy atom.